The van der Waals surface area contributed by atoms with E-state index in [0.717, 1.165) is 31.9 Å². The zero-order valence-corrected chi connectivity index (χ0v) is 18.8. The van der Waals surface area contributed by atoms with E-state index in [9.17, 15) is 9.59 Å². The van der Waals surface area contributed by atoms with E-state index in [1.807, 2.05) is 42.5 Å². The van der Waals surface area contributed by atoms with Gasteiger partial charge in [0.15, 0.2) is 0 Å². The van der Waals surface area contributed by atoms with E-state index in [2.05, 4.69) is 26.5 Å². The van der Waals surface area contributed by atoms with E-state index in [0.29, 0.717) is 28.7 Å². The Labute approximate surface area is 187 Å². The minimum atomic E-state index is -0.299. The molecule has 1 aromatic heterocycles. The number of carbonyl (C=O) groups excluding carboxylic acids is 1. The number of nitrogens with one attached hydrogen (secondary N) is 1. The predicted octanol–water partition coefficient (Wildman–Crippen LogP) is 5.21. The van der Waals surface area contributed by atoms with Crippen LogP contribution >= 0.6 is 27.7 Å². The largest absolute Gasteiger partial charge is 0.294 e. The number of hydrogen-bond donors (Lipinski definition) is 1. The summed E-state index contributed by atoms with van der Waals surface area (Å²) < 4.78 is 1.00. The molecular formula is C23H22BrN3O2S. The Morgan fingerprint density at radius 3 is 2.57 bits per heavy atom. The van der Waals surface area contributed by atoms with E-state index in [-0.39, 0.29) is 11.5 Å². The van der Waals surface area contributed by atoms with Gasteiger partial charge in [0, 0.05) is 21.2 Å². The number of rotatable bonds is 5. The van der Waals surface area contributed by atoms with E-state index >= 15 is 0 Å². The lowest BCUT2D eigenvalue weighted by atomic mass is 9.86. The molecule has 5 nitrogen and oxygen atoms in total. The maximum Gasteiger partial charge on any atom is 0.294 e. The van der Waals surface area contributed by atoms with Gasteiger partial charge in [0.1, 0.15) is 5.03 Å². The van der Waals surface area contributed by atoms with Gasteiger partial charge in [-0.3, -0.25) is 9.59 Å². The van der Waals surface area contributed by atoms with Gasteiger partial charge in [-0.1, -0.05) is 52.3 Å². The molecule has 5 rings (SSSR count). The molecule has 154 valence electrons. The van der Waals surface area contributed by atoms with Gasteiger partial charge in [0.05, 0.1) is 5.39 Å². The van der Waals surface area contributed by atoms with Crippen LogP contribution in [0.3, 0.4) is 0 Å². The molecule has 3 unspecified atom stereocenters. The van der Waals surface area contributed by atoms with Gasteiger partial charge in [0.25, 0.3) is 5.56 Å². The van der Waals surface area contributed by atoms with Gasteiger partial charge in [-0.2, -0.15) is 0 Å². The van der Waals surface area contributed by atoms with Crippen molar-refractivity contribution in [2.24, 2.45) is 17.8 Å². The number of nitrogens with zero attached hydrogens (tertiary/aromatic N) is 2. The summed E-state index contributed by atoms with van der Waals surface area (Å²) in [7, 11) is 0. The van der Waals surface area contributed by atoms with Crippen LogP contribution in [-0.4, -0.2) is 15.8 Å². The summed E-state index contributed by atoms with van der Waals surface area (Å²) in [5.74, 6) is 1.78. The normalized spacial score (nSPS) is 22.5. The predicted molar refractivity (Wildman–Crippen MR) is 122 cm³/mol. The summed E-state index contributed by atoms with van der Waals surface area (Å²) in [6.45, 7) is 0. The third-order valence-corrected chi connectivity index (χ3v) is 7.89. The Kier molecular flexibility index (Phi) is 5.41. The molecular weight excluding hydrogens is 462 g/mol. The summed E-state index contributed by atoms with van der Waals surface area (Å²) in [5.41, 5.74) is 2.46. The van der Waals surface area contributed by atoms with Crippen molar-refractivity contribution in [1.29, 1.82) is 0 Å². The van der Waals surface area contributed by atoms with Crippen LogP contribution in [0.4, 0.5) is 0 Å². The monoisotopic (exact) mass is 483 g/mol. The topological polar surface area (TPSA) is 64.0 Å². The molecule has 30 heavy (non-hydrogen) atoms. The van der Waals surface area contributed by atoms with Gasteiger partial charge in [0.2, 0.25) is 5.91 Å². The molecule has 2 aliphatic rings. The lowest BCUT2D eigenvalue weighted by molar-refractivity contribution is -0.118. The quantitative estimate of drug-likeness (QED) is 0.540. The molecule has 0 aliphatic heterocycles. The van der Waals surface area contributed by atoms with Crippen LogP contribution in [0.5, 0.6) is 0 Å². The molecule has 2 bridgehead atoms. The number of benzene rings is 2. The Morgan fingerprint density at radius 1 is 1.10 bits per heavy atom. The lowest BCUT2D eigenvalue weighted by Crippen LogP contribution is -2.36. The van der Waals surface area contributed by atoms with Crippen LogP contribution in [0.1, 0.15) is 32.1 Å². The summed E-state index contributed by atoms with van der Waals surface area (Å²) in [6, 6.07) is 15.3. The highest BCUT2D eigenvalue weighted by Gasteiger charge is 2.40. The fourth-order valence-corrected chi connectivity index (χ4v) is 6.12. The van der Waals surface area contributed by atoms with E-state index in [1.54, 1.807) is 6.07 Å². The average Bonchev–Trinajstić information content (AvgIpc) is 3.36. The Bertz CT molecular complexity index is 1160. The van der Waals surface area contributed by atoms with Crippen LogP contribution in [0.2, 0.25) is 0 Å². The van der Waals surface area contributed by atoms with Gasteiger partial charge < -0.3 is 0 Å². The lowest BCUT2D eigenvalue weighted by Gasteiger charge is -2.21. The van der Waals surface area contributed by atoms with Gasteiger partial charge in [-0.15, -0.1) is 9.89 Å². The smallest absolute Gasteiger partial charge is 0.273 e. The number of carbonyl (C=O) groups is 1. The van der Waals surface area contributed by atoms with Crippen molar-refractivity contribution in [2.75, 3.05) is 5.43 Å². The SMILES string of the molecule is O=C(CC1CC2CCC1C2)Nn1nc(Sc2ccc(Br)cc2)c2ccccc2c1=O. The Hall–Kier alpha value is -2.12. The summed E-state index contributed by atoms with van der Waals surface area (Å²) in [6.07, 6.45) is 5.43. The average molecular weight is 484 g/mol. The second-order valence-electron chi connectivity index (χ2n) is 8.30. The Balaban J connectivity index is 1.42. The molecule has 0 radical (unpaired) electrons. The first-order valence-corrected chi connectivity index (χ1v) is 11.9. The highest BCUT2D eigenvalue weighted by molar-refractivity contribution is 9.10. The molecule has 0 spiro atoms. The molecule has 0 saturated heterocycles. The van der Waals surface area contributed by atoms with Gasteiger partial charge in [-0.05, 0) is 67.3 Å². The molecule has 2 saturated carbocycles. The van der Waals surface area contributed by atoms with Crippen molar-refractivity contribution < 1.29 is 4.79 Å². The Morgan fingerprint density at radius 2 is 1.87 bits per heavy atom. The van der Waals surface area contributed by atoms with Crippen LogP contribution in [0.15, 0.2) is 67.7 Å². The molecule has 3 aromatic rings. The maximum atomic E-state index is 12.9. The molecule has 1 amide bonds. The van der Waals surface area contributed by atoms with Crippen LogP contribution in [0.25, 0.3) is 10.8 Å². The number of halogens is 1. The van der Waals surface area contributed by atoms with Crippen molar-refractivity contribution in [3.8, 4) is 0 Å². The van der Waals surface area contributed by atoms with E-state index < -0.39 is 0 Å². The minimum absolute atomic E-state index is 0.128. The van der Waals surface area contributed by atoms with Crippen molar-refractivity contribution in [1.82, 2.24) is 9.89 Å². The zero-order valence-electron chi connectivity index (χ0n) is 16.4. The molecule has 7 heteroatoms. The molecule has 1 N–H and O–H groups in total. The van der Waals surface area contributed by atoms with Gasteiger partial charge in [-0.25, -0.2) is 5.43 Å². The number of aromatic nitrogens is 2. The standard InChI is InChI=1S/C23H22BrN3O2S/c24-17-7-9-18(10-8-17)30-22-19-3-1-2-4-20(19)23(29)27(26-22)25-21(28)13-16-12-14-5-6-15(16)11-14/h1-4,7-10,14-16H,5-6,11-13H2,(H,25,28). The second kappa shape index (κ2) is 8.19. The summed E-state index contributed by atoms with van der Waals surface area (Å²) >= 11 is 4.92. The highest BCUT2D eigenvalue weighted by atomic mass is 79.9. The number of fused-ring (bicyclic) bond motifs is 3. The summed E-state index contributed by atoms with van der Waals surface area (Å²) in [5, 5.41) is 6.53. The first-order valence-electron chi connectivity index (χ1n) is 10.3. The van der Waals surface area contributed by atoms with Crippen molar-refractivity contribution >= 4 is 44.4 Å². The first-order chi connectivity index (χ1) is 14.6. The van der Waals surface area contributed by atoms with Crippen molar-refractivity contribution in [3.63, 3.8) is 0 Å². The van der Waals surface area contributed by atoms with Crippen molar-refractivity contribution in [3.05, 3.63) is 63.4 Å². The zero-order chi connectivity index (χ0) is 20.7. The van der Waals surface area contributed by atoms with Crippen LogP contribution in [0, 0.1) is 17.8 Å². The third-order valence-electron chi connectivity index (χ3n) is 6.36. The van der Waals surface area contributed by atoms with E-state index in [1.165, 1.54) is 31.0 Å². The molecule has 1 heterocycles. The fourth-order valence-electron chi connectivity index (χ4n) is 4.95. The highest BCUT2D eigenvalue weighted by Crippen LogP contribution is 2.49. The van der Waals surface area contributed by atoms with Crippen LogP contribution < -0.4 is 11.0 Å². The number of amides is 1. The molecule has 3 atom stereocenters. The second-order valence-corrected chi connectivity index (χ2v) is 10.3. The van der Waals surface area contributed by atoms with Gasteiger partial charge >= 0.3 is 0 Å². The number of hydrogen-bond acceptors (Lipinski definition) is 4. The molecule has 2 aliphatic carbocycles. The van der Waals surface area contributed by atoms with Crippen molar-refractivity contribution in [2.45, 2.75) is 42.0 Å². The maximum absolute atomic E-state index is 12.9. The molecule has 2 aromatic carbocycles. The summed E-state index contributed by atoms with van der Waals surface area (Å²) in [4.78, 5) is 27.8. The minimum Gasteiger partial charge on any atom is -0.273 e. The molecule has 2 fully saturated rings. The fraction of sp³-hybridized carbons (Fsp3) is 0.348. The first kappa shape index (κ1) is 19.8. The van der Waals surface area contributed by atoms with Crippen LogP contribution in [-0.2, 0) is 4.79 Å². The van der Waals surface area contributed by atoms with E-state index in [4.69, 9.17) is 0 Å². The third kappa shape index (κ3) is 3.93.